The molecule has 2 aliphatic rings. The Bertz CT molecular complexity index is 902. The summed E-state index contributed by atoms with van der Waals surface area (Å²) in [6.07, 6.45) is 4.69. The Labute approximate surface area is 169 Å². The molecule has 1 atom stereocenters. The molecule has 29 heavy (non-hydrogen) atoms. The summed E-state index contributed by atoms with van der Waals surface area (Å²) in [7, 11) is 0. The Morgan fingerprint density at radius 2 is 1.97 bits per heavy atom. The van der Waals surface area contributed by atoms with E-state index in [0.717, 1.165) is 31.2 Å². The second-order valence-electron chi connectivity index (χ2n) is 7.88. The molecule has 2 amide bonds. The summed E-state index contributed by atoms with van der Waals surface area (Å²) in [5, 5.41) is 2.77. The molecule has 6 nitrogen and oxygen atoms in total. The van der Waals surface area contributed by atoms with E-state index in [4.69, 9.17) is 9.15 Å². The summed E-state index contributed by atoms with van der Waals surface area (Å²) in [5.41, 5.74) is 0.640. The Morgan fingerprint density at radius 1 is 1.21 bits per heavy atom. The van der Waals surface area contributed by atoms with E-state index in [0.29, 0.717) is 25.4 Å². The number of aryl methyl sites for hydroxylation is 1. The molecule has 2 saturated heterocycles. The maximum atomic E-state index is 13.7. The number of hydrogen-bond donors (Lipinski definition) is 1. The maximum absolute atomic E-state index is 13.7. The van der Waals surface area contributed by atoms with E-state index in [2.05, 4.69) is 5.32 Å². The normalized spacial score (nSPS) is 20.8. The lowest BCUT2D eigenvalue weighted by Gasteiger charge is -2.39. The van der Waals surface area contributed by atoms with Crippen molar-refractivity contribution < 1.29 is 23.1 Å². The third kappa shape index (κ3) is 4.05. The largest absolute Gasteiger partial charge is 0.459 e. The summed E-state index contributed by atoms with van der Waals surface area (Å²) >= 11 is 0. The topological polar surface area (TPSA) is 71.8 Å². The molecule has 1 aromatic heterocycles. The van der Waals surface area contributed by atoms with Gasteiger partial charge < -0.3 is 19.4 Å². The minimum atomic E-state index is -0.530. The predicted molar refractivity (Wildman–Crippen MR) is 104 cm³/mol. The highest BCUT2D eigenvalue weighted by Crippen LogP contribution is 2.39. The first-order chi connectivity index (χ1) is 14.0. The molecule has 154 valence electrons. The van der Waals surface area contributed by atoms with E-state index in [1.807, 2.05) is 11.8 Å². The molecule has 1 N–H and O–H groups in total. The lowest BCUT2D eigenvalue weighted by molar-refractivity contribution is -0.0714. The molecule has 0 saturated carbocycles. The monoisotopic (exact) mass is 400 g/mol. The smallest absolute Gasteiger partial charge is 0.289 e. The maximum Gasteiger partial charge on any atom is 0.289 e. The standard InChI is InChI=1S/C22H25FN2O4/c1-15-7-13-28-19(15)21(27)25-11-9-22(10-12-25)8-6-16(29-22)14-24-20(26)17-4-2-3-5-18(17)23/h2-5,7,13,16H,6,8-12,14H2,1H3,(H,24,26). The van der Waals surface area contributed by atoms with Crippen molar-refractivity contribution in [1.29, 1.82) is 0 Å². The average Bonchev–Trinajstić information content (AvgIpc) is 3.33. The number of nitrogens with one attached hydrogen (secondary N) is 1. The Balaban J connectivity index is 1.28. The molecule has 7 heteroatoms. The van der Waals surface area contributed by atoms with Gasteiger partial charge >= 0.3 is 0 Å². The molecule has 2 aliphatic heterocycles. The molecule has 1 unspecified atom stereocenters. The fraction of sp³-hybridized carbons (Fsp3) is 0.455. The van der Waals surface area contributed by atoms with Gasteiger partial charge in [-0.3, -0.25) is 9.59 Å². The van der Waals surface area contributed by atoms with Crippen molar-refractivity contribution >= 4 is 11.8 Å². The van der Waals surface area contributed by atoms with Crippen molar-refractivity contribution in [3.8, 4) is 0 Å². The third-order valence-electron chi connectivity index (χ3n) is 5.97. The van der Waals surface area contributed by atoms with Crippen molar-refractivity contribution in [3.63, 3.8) is 0 Å². The zero-order valence-corrected chi connectivity index (χ0v) is 16.4. The van der Waals surface area contributed by atoms with Crippen LogP contribution in [0.4, 0.5) is 4.39 Å². The third-order valence-corrected chi connectivity index (χ3v) is 5.97. The number of benzene rings is 1. The number of halogens is 1. The summed E-state index contributed by atoms with van der Waals surface area (Å²) in [6.45, 7) is 3.45. The van der Waals surface area contributed by atoms with Crippen molar-refractivity contribution in [3.05, 3.63) is 59.3 Å². The zero-order chi connectivity index (χ0) is 20.4. The quantitative estimate of drug-likeness (QED) is 0.855. The summed E-state index contributed by atoms with van der Waals surface area (Å²) < 4.78 is 25.3. The van der Waals surface area contributed by atoms with Crippen LogP contribution in [-0.2, 0) is 4.74 Å². The molecule has 1 aromatic carbocycles. The van der Waals surface area contributed by atoms with E-state index < -0.39 is 11.7 Å². The van der Waals surface area contributed by atoms with Gasteiger partial charge in [-0.25, -0.2) is 4.39 Å². The molecule has 4 rings (SSSR count). The van der Waals surface area contributed by atoms with E-state index in [9.17, 15) is 14.0 Å². The van der Waals surface area contributed by atoms with Crippen LogP contribution < -0.4 is 5.32 Å². The van der Waals surface area contributed by atoms with Crippen LogP contribution in [0.25, 0.3) is 0 Å². The highest BCUT2D eigenvalue weighted by Gasteiger charge is 2.43. The number of ether oxygens (including phenoxy) is 1. The van der Waals surface area contributed by atoms with Crippen LogP contribution in [0.1, 0.15) is 52.2 Å². The average molecular weight is 400 g/mol. The van der Waals surface area contributed by atoms with Gasteiger partial charge in [0.2, 0.25) is 0 Å². The van der Waals surface area contributed by atoms with Crippen LogP contribution in [0.5, 0.6) is 0 Å². The first kappa shape index (κ1) is 19.6. The predicted octanol–water partition coefficient (Wildman–Crippen LogP) is 3.31. The number of nitrogens with zero attached hydrogens (tertiary/aromatic N) is 1. The van der Waals surface area contributed by atoms with E-state index >= 15 is 0 Å². The number of amides is 2. The zero-order valence-electron chi connectivity index (χ0n) is 16.4. The van der Waals surface area contributed by atoms with Crippen molar-refractivity contribution in [2.24, 2.45) is 0 Å². The molecule has 1 spiro atoms. The van der Waals surface area contributed by atoms with Crippen LogP contribution in [0, 0.1) is 12.7 Å². The SMILES string of the molecule is Cc1ccoc1C(=O)N1CCC2(CCC(CNC(=O)c3ccccc3F)O2)CC1. The van der Waals surface area contributed by atoms with Crippen molar-refractivity contribution in [2.75, 3.05) is 19.6 Å². The lowest BCUT2D eigenvalue weighted by atomic mass is 9.88. The number of rotatable bonds is 4. The van der Waals surface area contributed by atoms with E-state index in [1.165, 1.54) is 18.4 Å². The van der Waals surface area contributed by atoms with Crippen LogP contribution in [0.15, 0.2) is 41.0 Å². The van der Waals surface area contributed by atoms with Gasteiger partial charge in [-0.1, -0.05) is 12.1 Å². The van der Waals surface area contributed by atoms with Gasteiger partial charge in [-0.05, 0) is 50.8 Å². The van der Waals surface area contributed by atoms with E-state index in [-0.39, 0.29) is 23.2 Å². The van der Waals surface area contributed by atoms with Gasteiger partial charge in [0.1, 0.15) is 5.82 Å². The number of hydrogen-bond acceptors (Lipinski definition) is 4. The molecule has 2 aromatic rings. The minimum Gasteiger partial charge on any atom is -0.459 e. The van der Waals surface area contributed by atoms with Crippen LogP contribution >= 0.6 is 0 Å². The molecule has 0 bridgehead atoms. The Hall–Kier alpha value is -2.67. The highest BCUT2D eigenvalue weighted by molar-refractivity contribution is 5.94. The molecule has 3 heterocycles. The Morgan fingerprint density at radius 3 is 2.66 bits per heavy atom. The summed E-state index contributed by atoms with van der Waals surface area (Å²) in [5.74, 6) is -0.629. The van der Waals surface area contributed by atoms with Crippen LogP contribution in [0.2, 0.25) is 0 Å². The van der Waals surface area contributed by atoms with Gasteiger partial charge in [0.25, 0.3) is 11.8 Å². The second-order valence-corrected chi connectivity index (χ2v) is 7.88. The number of likely N-dealkylation sites (tertiary alicyclic amines) is 1. The molecule has 0 aliphatic carbocycles. The first-order valence-electron chi connectivity index (χ1n) is 10.0. The fourth-order valence-corrected chi connectivity index (χ4v) is 4.21. The van der Waals surface area contributed by atoms with Crippen LogP contribution in [-0.4, -0.2) is 48.1 Å². The van der Waals surface area contributed by atoms with Gasteiger partial charge in [0, 0.05) is 25.2 Å². The number of carbonyl (C=O) groups excluding carboxylic acids is 2. The van der Waals surface area contributed by atoms with Gasteiger partial charge in [0.05, 0.1) is 23.5 Å². The van der Waals surface area contributed by atoms with Crippen molar-refractivity contribution in [1.82, 2.24) is 10.2 Å². The second kappa shape index (κ2) is 7.99. The van der Waals surface area contributed by atoms with Crippen molar-refractivity contribution in [2.45, 2.75) is 44.3 Å². The number of furan rings is 1. The molecular weight excluding hydrogens is 375 g/mol. The fourth-order valence-electron chi connectivity index (χ4n) is 4.21. The number of carbonyl (C=O) groups is 2. The van der Waals surface area contributed by atoms with Gasteiger partial charge in [-0.2, -0.15) is 0 Å². The molecule has 0 radical (unpaired) electrons. The Kier molecular flexibility index (Phi) is 5.41. The van der Waals surface area contributed by atoms with Gasteiger partial charge in [0.15, 0.2) is 5.76 Å². The lowest BCUT2D eigenvalue weighted by Crippen LogP contribution is -2.47. The molecule has 2 fully saturated rings. The molecular formula is C22H25FN2O4. The summed E-state index contributed by atoms with van der Waals surface area (Å²) in [6, 6.07) is 7.72. The highest BCUT2D eigenvalue weighted by atomic mass is 19.1. The van der Waals surface area contributed by atoms with Gasteiger partial charge in [-0.15, -0.1) is 0 Å². The van der Waals surface area contributed by atoms with E-state index in [1.54, 1.807) is 18.2 Å². The summed E-state index contributed by atoms with van der Waals surface area (Å²) in [4.78, 5) is 26.6. The minimum absolute atomic E-state index is 0.0419. The first-order valence-corrected chi connectivity index (χ1v) is 10.0. The number of piperidine rings is 1. The van der Waals surface area contributed by atoms with Crippen LogP contribution in [0.3, 0.4) is 0 Å².